The van der Waals surface area contributed by atoms with Gasteiger partial charge in [0.25, 0.3) is 5.56 Å². The van der Waals surface area contributed by atoms with Gasteiger partial charge in [0.2, 0.25) is 5.91 Å². The summed E-state index contributed by atoms with van der Waals surface area (Å²) in [5, 5.41) is 4.52. The van der Waals surface area contributed by atoms with Crippen molar-refractivity contribution >= 4 is 12.0 Å². The van der Waals surface area contributed by atoms with Crippen LogP contribution in [0.5, 0.6) is 5.75 Å². The molecule has 2 amide bonds. The molecule has 228 valence electrons. The minimum absolute atomic E-state index is 0.240. The molecule has 0 radical (unpaired) electrons. The molecule has 1 aliphatic heterocycles. The van der Waals surface area contributed by atoms with Crippen LogP contribution in [-0.2, 0) is 11.3 Å². The van der Waals surface area contributed by atoms with E-state index in [0.29, 0.717) is 54.0 Å². The van der Waals surface area contributed by atoms with Gasteiger partial charge in [0.15, 0.2) is 11.6 Å². The molecular weight excluding hydrogens is 560 g/mol. The lowest BCUT2D eigenvalue weighted by Crippen LogP contribution is -2.42. The predicted molar refractivity (Wildman–Crippen MR) is 165 cm³/mol. The highest BCUT2D eigenvalue weighted by Crippen LogP contribution is 2.23. The molecule has 0 aliphatic carbocycles. The van der Waals surface area contributed by atoms with Crippen molar-refractivity contribution < 1.29 is 19.1 Å². The number of benzene rings is 2. The van der Waals surface area contributed by atoms with Gasteiger partial charge < -0.3 is 20.1 Å². The number of carbonyl (C=O) groups excluding carboxylic acids is 2. The quantitative estimate of drug-likeness (QED) is 0.312. The fourth-order valence-corrected chi connectivity index (χ4v) is 4.89. The lowest BCUT2D eigenvalue weighted by molar-refractivity contribution is 0.0164. The van der Waals surface area contributed by atoms with Crippen molar-refractivity contribution in [1.82, 2.24) is 24.6 Å². The molecule has 44 heavy (non-hydrogen) atoms. The topological polar surface area (TPSA) is 143 Å². The van der Waals surface area contributed by atoms with Crippen molar-refractivity contribution in [3.63, 3.8) is 0 Å². The highest BCUT2D eigenvalue weighted by molar-refractivity contribution is 5.93. The average Bonchev–Trinajstić information content (AvgIpc) is 3.01. The summed E-state index contributed by atoms with van der Waals surface area (Å²) in [7, 11) is 0. The van der Waals surface area contributed by atoms with Gasteiger partial charge in [-0.1, -0.05) is 30.3 Å². The standard InChI is InChI=1S/C33H36N6O5/c1-33(2,3)44-32(42)38-14-12-22(13-15-38)21-43-27-18-35-31(36-19-27)26-9-4-6-23(16-26)20-39-29(40)11-10-28(37-39)24-7-5-8-25(17-24)30(34)41/h4-11,16-19,22H,12-15,20-21H2,1-3H3,(H2,34,41). The molecule has 1 aliphatic rings. The second kappa shape index (κ2) is 13.1. The SMILES string of the molecule is CC(C)(C)OC(=O)N1CCC(COc2cnc(-c3cccc(Cn4nc(-c5cccc(C(N)=O)c5)ccc4=O)c3)nc2)CC1. The maximum absolute atomic E-state index is 12.6. The fourth-order valence-electron chi connectivity index (χ4n) is 4.89. The number of amides is 2. The zero-order valence-corrected chi connectivity index (χ0v) is 25.1. The van der Waals surface area contributed by atoms with Gasteiger partial charge in [-0.05, 0) is 69.4 Å². The van der Waals surface area contributed by atoms with Crippen LogP contribution in [0.25, 0.3) is 22.6 Å². The zero-order chi connectivity index (χ0) is 31.3. The van der Waals surface area contributed by atoms with Crippen LogP contribution in [0.4, 0.5) is 4.79 Å². The number of ether oxygens (including phenoxy) is 2. The lowest BCUT2D eigenvalue weighted by atomic mass is 9.98. The van der Waals surface area contributed by atoms with Gasteiger partial charge in [0.05, 0.1) is 31.2 Å². The second-order valence-electron chi connectivity index (χ2n) is 11.8. The number of piperidine rings is 1. The molecule has 0 bridgehead atoms. The highest BCUT2D eigenvalue weighted by Gasteiger charge is 2.27. The normalized spacial score (nSPS) is 13.8. The van der Waals surface area contributed by atoms with E-state index >= 15 is 0 Å². The van der Waals surface area contributed by atoms with E-state index in [4.69, 9.17) is 15.2 Å². The molecule has 0 saturated carbocycles. The molecule has 0 atom stereocenters. The van der Waals surface area contributed by atoms with E-state index in [-0.39, 0.29) is 18.2 Å². The molecule has 2 aromatic heterocycles. The molecule has 3 heterocycles. The Bertz CT molecular complexity index is 1690. The summed E-state index contributed by atoms with van der Waals surface area (Å²) in [5.41, 5.74) is 7.91. The number of carbonyl (C=O) groups is 2. The summed E-state index contributed by atoms with van der Waals surface area (Å²) >= 11 is 0. The molecule has 2 N–H and O–H groups in total. The van der Waals surface area contributed by atoms with E-state index in [9.17, 15) is 14.4 Å². The van der Waals surface area contributed by atoms with Gasteiger partial charge in [0, 0.05) is 35.8 Å². The molecule has 0 unspecified atom stereocenters. The monoisotopic (exact) mass is 596 g/mol. The third kappa shape index (κ3) is 7.85. The minimum atomic E-state index is -0.531. The Morgan fingerprint density at radius 2 is 1.66 bits per heavy atom. The lowest BCUT2D eigenvalue weighted by Gasteiger charge is -2.33. The van der Waals surface area contributed by atoms with Crippen molar-refractivity contribution in [1.29, 1.82) is 0 Å². The third-order valence-corrected chi connectivity index (χ3v) is 7.21. The molecule has 11 nitrogen and oxygen atoms in total. The Kier molecular flexibility index (Phi) is 9.03. The number of likely N-dealkylation sites (tertiary alicyclic amines) is 1. The average molecular weight is 597 g/mol. The van der Waals surface area contributed by atoms with E-state index in [2.05, 4.69) is 15.1 Å². The Morgan fingerprint density at radius 1 is 0.955 bits per heavy atom. The number of rotatable bonds is 8. The molecule has 4 aromatic rings. The summed E-state index contributed by atoms with van der Waals surface area (Å²) in [5.74, 6) is 0.901. The number of hydrogen-bond donors (Lipinski definition) is 1. The maximum Gasteiger partial charge on any atom is 0.410 e. The van der Waals surface area contributed by atoms with E-state index in [1.165, 1.54) is 10.7 Å². The molecule has 1 saturated heterocycles. The number of aromatic nitrogens is 4. The van der Waals surface area contributed by atoms with Gasteiger partial charge in [-0.3, -0.25) is 9.59 Å². The van der Waals surface area contributed by atoms with Crippen molar-refractivity contribution in [3.05, 3.63) is 94.5 Å². The largest absolute Gasteiger partial charge is 0.490 e. The van der Waals surface area contributed by atoms with Crippen LogP contribution in [0.1, 0.15) is 49.5 Å². The Labute approximate surface area is 255 Å². The molecule has 11 heteroatoms. The Hall–Kier alpha value is -5.06. The summed E-state index contributed by atoms with van der Waals surface area (Å²) < 4.78 is 12.8. The zero-order valence-electron chi connectivity index (χ0n) is 25.1. The van der Waals surface area contributed by atoms with Crippen LogP contribution < -0.4 is 16.0 Å². The Morgan fingerprint density at radius 3 is 2.36 bits per heavy atom. The van der Waals surface area contributed by atoms with Crippen LogP contribution >= 0.6 is 0 Å². The number of hydrogen-bond acceptors (Lipinski definition) is 8. The first-order valence-corrected chi connectivity index (χ1v) is 14.5. The molecule has 1 fully saturated rings. The first-order valence-electron chi connectivity index (χ1n) is 14.5. The van der Waals surface area contributed by atoms with Crippen LogP contribution in [-0.4, -0.2) is 61.9 Å². The predicted octanol–water partition coefficient (Wildman–Crippen LogP) is 4.54. The van der Waals surface area contributed by atoms with Gasteiger partial charge >= 0.3 is 6.09 Å². The number of primary amides is 1. The first kappa shape index (κ1) is 30.4. The summed E-state index contributed by atoms with van der Waals surface area (Å²) in [6.45, 7) is 7.65. The second-order valence-corrected chi connectivity index (χ2v) is 11.8. The van der Waals surface area contributed by atoms with Gasteiger partial charge in [-0.15, -0.1) is 0 Å². The third-order valence-electron chi connectivity index (χ3n) is 7.21. The van der Waals surface area contributed by atoms with E-state index < -0.39 is 11.5 Å². The van der Waals surface area contributed by atoms with E-state index in [0.717, 1.165) is 24.0 Å². The molecule has 0 spiro atoms. The van der Waals surface area contributed by atoms with Crippen molar-refractivity contribution in [2.45, 2.75) is 45.8 Å². The number of nitrogens with two attached hydrogens (primary N) is 1. The minimum Gasteiger partial charge on any atom is -0.490 e. The molecular formula is C33H36N6O5. The number of nitrogens with zero attached hydrogens (tertiary/aromatic N) is 5. The maximum atomic E-state index is 12.6. The van der Waals surface area contributed by atoms with Crippen molar-refractivity contribution in [2.24, 2.45) is 11.7 Å². The van der Waals surface area contributed by atoms with Crippen LogP contribution in [0, 0.1) is 5.92 Å². The smallest absolute Gasteiger partial charge is 0.410 e. The fraction of sp³-hybridized carbons (Fsp3) is 0.333. The highest BCUT2D eigenvalue weighted by atomic mass is 16.6. The van der Waals surface area contributed by atoms with Gasteiger partial charge in [-0.25, -0.2) is 19.4 Å². The molecule has 5 rings (SSSR count). The van der Waals surface area contributed by atoms with Crippen molar-refractivity contribution in [2.75, 3.05) is 19.7 Å². The van der Waals surface area contributed by atoms with Gasteiger partial charge in [-0.2, -0.15) is 5.10 Å². The molecule has 2 aromatic carbocycles. The van der Waals surface area contributed by atoms with Crippen LogP contribution in [0.3, 0.4) is 0 Å². The first-order chi connectivity index (χ1) is 21.0. The van der Waals surface area contributed by atoms with Gasteiger partial charge in [0.1, 0.15) is 5.60 Å². The van der Waals surface area contributed by atoms with Crippen molar-refractivity contribution in [3.8, 4) is 28.4 Å². The van der Waals surface area contributed by atoms with E-state index in [1.54, 1.807) is 41.6 Å². The summed E-state index contributed by atoms with van der Waals surface area (Å²) in [4.78, 5) is 47.2. The summed E-state index contributed by atoms with van der Waals surface area (Å²) in [6, 6.07) is 17.5. The van der Waals surface area contributed by atoms with E-state index in [1.807, 2.05) is 51.1 Å². The summed E-state index contributed by atoms with van der Waals surface area (Å²) in [6.07, 6.45) is 4.72. The van der Waals surface area contributed by atoms with Crippen LogP contribution in [0.15, 0.2) is 77.9 Å². The Balaban J connectivity index is 1.19. The van der Waals surface area contributed by atoms with Crippen LogP contribution in [0.2, 0.25) is 0 Å².